The van der Waals surface area contributed by atoms with Gasteiger partial charge in [0.1, 0.15) is 11.4 Å². The summed E-state index contributed by atoms with van der Waals surface area (Å²) >= 11 is 12.2. The van der Waals surface area contributed by atoms with E-state index in [1.807, 2.05) is 0 Å². The van der Waals surface area contributed by atoms with E-state index in [-0.39, 0.29) is 34.8 Å². The van der Waals surface area contributed by atoms with Gasteiger partial charge >= 0.3 is 5.97 Å². The number of carbonyl (C=O) groups excluding carboxylic acids is 3. The number of fused-ring (bicyclic) bond motifs is 2. The molecule has 0 saturated carbocycles. The summed E-state index contributed by atoms with van der Waals surface area (Å²) in [7, 11) is 1.20. The Balaban J connectivity index is 0.00000387. The van der Waals surface area contributed by atoms with Gasteiger partial charge in [-0.25, -0.2) is 9.18 Å². The summed E-state index contributed by atoms with van der Waals surface area (Å²) in [5, 5.41) is 18.4. The molecular weight excluding hydrogens is 578 g/mol. The van der Waals surface area contributed by atoms with Crippen molar-refractivity contribution in [3.05, 3.63) is 103 Å². The van der Waals surface area contributed by atoms with Crippen LogP contribution in [-0.2, 0) is 15.1 Å². The minimum absolute atomic E-state index is 0. The number of methoxy groups -OCH3 is 1. The van der Waals surface area contributed by atoms with Crippen LogP contribution in [0.1, 0.15) is 51.6 Å². The van der Waals surface area contributed by atoms with Gasteiger partial charge in [-0.05, 0) is 36.4 Å². The second kappa shape index (κ2) is 11.1. The van der Waals surface area contributed by atoms with Gasteiger partial charge in [0.25, 0.3) is 0 Å². The highest BCUT2D eigenvalue weighted by Crippen LogP contribution is 2.54. The number of hydrogen-bond acceptors (Lipinski definition) is 8. The lowest BCUT2D eigenvalue weighted by molar-refractivity contribution is -0.526. The monoisotopic (exact) mass is 602 g/mol. The standard InChI is InChI=1S/C27H21Cl2FN4O6.CH4/c1-40-25(36)12-5-7-14(18(31)9-12)21(35)11-20-24(34(38)39)22(15-3-2-4-17(29)23(15)30)27(33-20)16-8-6-13(28)10-19(16)32-26(27)37;/h2-10,20,22,24,33H,11,31H2,1H3,(H,32,37);1H4/t20-,22-,24?,27+;/m0./s1. The zero-order chi connectivity index (χ0) is 28.9. The van der Waals surface area contributed by atoms with E-state index in [1.165, 1.54) is 61.7 Å². The predicted octanol–water partition coefficient (Wildman–Crippen LogP) is 4.96. The molecular formula is C28H25Cl2FN4O6. The number of benzene rings is 3. The van der Waals surface area contributed by atoms with Crippen LogP contribution in [0, 0.1) is 15.9 Å². The fraction of sp³-hybridized carbons (Fsp3) is 0.250. The van der Waals surface area contributed by atoms with Crippen LogP contribution >= 0.6 is 23.2 Å². The predicted molar refractivity (Wildman–Crippen MR) is 151 cm³/mol. The van der Waals surface area contributed by atoms with Gasteiger partial charge < -0.3 is 15.8 Å². The van der Waals surface area contributed by atoms with E-state index in [9.17, 15) is 24.5 Å². The van der Waals surface area contributed by atoms with Gasteiger partial charge in [-0.1, -0.05) is 48.8 Å². The summed E-state index contributed by atoms with van der Waals surface area (Å²) in [5.74, 6) is -4.23. The number of hydrogen-bond donors (Lipinski definition) is 3. The normalized spacial score (nSPS) is 22.5. The number of carbonyl (C=O) groups is 3. The van der Waals surface area contributed by atoms with Crippen molar-refractivity contribution in [1.82, 2.24) is 5.32 Å². The molecule has 1 fully saturated rings. The fourth-order valence-electron chi connectivity index (χ4n) is 5.70. The number of halogens is 3. The number of nitrogens with one attached hydrogen (secondary N) is 2. The highest BCUT2D eigenvalue weighted by Gasteiger charge is 2.67. The minimum Gasteiger partial charge on any atom is -0.465 e. The average Bonchev–Trinajstić information content (AvgIpc) is 3.38. The molecule has 1 spiro atoms. The molecule has 0 bridgehead atoms. The number of nitrogens with zero attached hydrogens (tertiary/aromatic N) is 1. The molecule has 0 aliphatic carbocycles. The molecule has 41 heavy (non-hydrogen) atoms. The second-order valence-corrected chi connectivity index (χ2v) is 10.4. The molecule has 2 aliphatic rings. The maximum Gasteiger partial charge on any atom is 0.337 e. The van der Waals surface area contributed by atoms with Crippen molar-refractivity contribution in [1.29, 1.82) is 0 Å². The number of ketones is 1. The number of anilines is 2. The number of amides is 1. The van der Waals surface area contributed by atoms with Crippen LogP contribution in [0.4, 0.5) is 15.8 Å². The highest BCUT2D eigenvalue weighted by atomic mass is 35.5. The molecule has 0 aromatic heterocycles. The van der Waals surface area contributed by atoms with Crippen LogP contribution in [0.2, 0.25) is 10.0 Å². The molecule has 3 aromatic carbocycles. The largest absolute Gasteiger partial charge is 0.465 e. The van der Waals surface area contributed by atoms with Crippen LogP contribution in [0.15, 0.2) is 54.6 Å². The van der Waals surface area contributed by atoms with E-state index >= 15 is 4.39 Å². The van der Waals surface area contributed by atoms with Gasteiger partial charge in [0.2, 0.25) is 11.9 Å². The highest BCUT2D eigenvalue weighted by molar-refractivity contribution is 6.31. The molecule has 1 unspecified atom stereocenters. The van der Waals surface area contributed by atoms with E-state index < -0.39 is 58.4 Å². The van der Waals surface area contributed by atoms with E-state index in [4.69, 9.17) is 28.9 Å². The Labute approximate surface area is 244 Å². The van der Waals surface area contributed by atoms with E-state index in [1.54, 1.807) is 0 Å². The van der Waals surface area contributed by atoms with E-state index in [2.05, 4.69) is 15.4 Å². The lowest BCUT2D eigenvalue weighted by Gasteiger charge is -2.30. The van der Waals surface area contributed by atoms with Crippen molar-refractivity contribution in [2.45, 2.75) is 37.4 Å². The number of nitro groups is 1. The maximum atomic E-state index is 15.5. The van der Waals surface area contributed by atoms with Crippen LogP contribution in [0.25, 0.3) is 0 Å². The summed E-state index contributed by atoms with van der Waals surface area (Å²) in [4.78, 5) is 50.9. The van der Waals surface area contributed by atoms with Crippen molar-refractivity contribution < 1.29 is 28.4 Å². The summed E-state index contributed by atoms with van der Waals surface area (Å²) < 4.78 is 20.1. The van der Waals surface area contributed by atoms with Crippen LogP contribution in [0.5, 0.6) is 0 Å². The first-order valence-corrected chi connectivity index (χ1v) is 12.7. The van der Waals surface area contributed by atoms with Crippen molar-refractivity contribution in [2.75, 3.05) is 18.2 Å². The fourth-order valence-corrected chi connectivity index (χ4v) is 6.06. The van der Waals surface area contributed by atoms with Gasteiger partial charge in [0.15, 0.2) is 5.78 Å². The Morgan fingerprint density at radius 3 is 2.56 bits per heavy atom. The van der Waals surface area contributed by atoms with Crippen molar-refractivity contribution in [2.24, 2.45) is 0 Å². The third-order valence-corrected chi connectivity index (χ3v) is 7.91. The Hall–Kier alpha value is -4.06. The molecule has 10 nitrogen and oxygen atoms in total. The first-order chi connectivity index (χ1) is 19.0. The molecule has 5 rings (SSSR count). The Bertz CT molecular complexity index is 1600. The maximum absolute atomic E-state index is 15.5. The number of Topliss-reactive ketones (excluding diaryl/α,β-unsaturated/α-hetero) is 1. The van der Waals surface area contributed by atoms with E-state index in [0.29, 0.717) is 16.3 Å². The lowest BCUT2D eigenvalue weighted by Crippen LogP contribution is -2.49. The zero-order valence-electron chi connectivity index (χ0n) is 20.7. The van der Waals surface area contributed by atoms with E-state index in [0.717, 1.165) is 0 Å². The Morgan fingerprint density at radius 2 is 1.90 bits per heavy atom. The van der Waals surface area contributed by atoms with Crippen molar-refractivity contribution in [3.8, 4) is 0 Å². The molecule has 0 radical (unpaired) electrons. The Morgan fingerprint density at radius 1 is 1.17 bits per heavy atom. The van der Waals surface area contributed by atoms with Crippen LogP contribution in [-0.4, -0.2) is 41.8 Å². The van der Waals surface area contributed by atoms with Crippen LogP contribution < -0.4 is 16.4 Å². The SMILES string of the molecule is C.COC(=O)c1ccc(C(=O)C[C@@H]2N[C@@]3(C(=O)Nc4cc(Cl)ccc43)[C@@H](c3cccc(Cl)c3F)C2[N+](=O)[O-])c(N)c1. The third-order valence-electron chi connectivity index (χ3n) is 7.38. The number of esters is 1. The number of nitrogens with two attached hydrogens (primary N) is 1. The zero-order valence-corrected chi connectivity index (χ0v) is 22.3. The molecule has 3 aromatic rings. The lowest BCUT2D eigenvalue weighted by atomic mass is 9.74. The molecule has 2 aliphatic heterocycles. The number of nitrogen functional groups attached to an aromatic ring is 1. The molecule has 2 heterocycles. The Kier molecular flexibility index (Phi) is 8.08. The molecule has 214 valence electrons. The van der Waals surface area contributed by atoms with Crippen molar-refractivity contribution in [3.63, 3.8) is 0 Å². The van der Waals surface area contributed by atoms with Gasteiger partial charge in [0.05, 0.1) is 29.7 Å². The summed E-state index contributed by atoms with van der Waals surface area (Å²) in [6.45, 7) is 0. The summed E-state index contributed by atoms with van der Waals surface area (Å²) in [6, 6.07) is 9.65. The molecule has 1 amide bonds. The smallest absolute Gasteiger partial charge is 0.337 e. The third kappa shape index (κ3) is 4.79. The first-order valence-electron chi connectivity index (χ1n) is 12.0. The topological polar surface area (TPSA) is 154 Å². The van der Waals surface area contributed by atoms with Gasteiger partial charge in [0, 0.05) is 44.4 Å². The second-order valence-electron chi connectivity index (χ2n) is 9.52. The number of ether oxygens (including phenoxy) is 1. The van der Waals surface area contributed by atoms with Gasteiger partial charge in [-0.15, -0.1) is 0 Å². The average molecular weight is 603 g/mol. The number of rotatable bonds is 6. The van der Waals surface area contributed by atoms with Gasteiger partial charge in [-0.3, -0.25) is 25.0 Å². The molecule has 1 saturated heterocycles. The van der Waals surface area contributed by atoms with Crippen molar-refractivity contribution >= 4 is 52.2 Å². The molecule has 4 N–H and O–H groups in total. The van der Waals surface area contributed by atoms with Gasteiger partial charge in [-0.2, -0.15) is 0 Å². The van der Waals surface area contributed by atoms with Crippen LogP contribution in [0.3, 0.4) is 0 Å². The summed E-state index contributed by atoms with van der Waals surface area (Å²) in [5.41, 5.74) is 4.77. The quantitative estimate of drug-likeness (QED) is 0.118. The first kappa shape index (κ1) is 29.9. The minimum atomic E-state index is -1.82. The summed E-state index contributed by atoms with van der Waals surface area (Å²) in [6.07, 6.45) is -0.468. The molecule has 13 heteroatoms. The molecule has 4 atom stereocenters.